The summed E-state index contributed by atoms with van der Waals surface area (Å²) in [5, 5.41) is 0. The maximum atomic E-state index is 12.9. The van der Waals surface area contributed by atoms with Gasteiger partial charge in [0, 0.05) is 17.7 Å². The molecule has 0 atom stereocenters. The Balaban J connectivity index is 1.38. The minimum atomic E-state index is -0.585. The molecule has 0 spiro atoms. The monoisotopic (exact) mass is 476 g/mol. The van der Waals surface area contributed by atoms with E-state index in [2.05, 4.69) is 0 Å². The number of fused-ring (bicyclic) bond motifs is 2. The summed E-state index contributed by atoms with van der Waals surface area (Å²) in [6.07, 6.45) is 1.56. The number of Topliss-reactive ketones (excluding diaryl/α,β-unsaturated/α-hetero) is 1. The lowest BCUT2D eigenvalue weighted by Gasteiger charge is -2.12. The average Bonchev–Trinajstić information content (AvgIpc) is 3.47. The van der Waals surface area contributed by atoms with E-state index in [4.69, 9.17) is 33.2 Å². The fourth-order valence-corrected chi connectivity index (χ4v) is 3.73. The number of benzene rings is 3. The van der Waals surface area contributed by atoms with Crippen LogP contribution < -0.4 is 33.2 Å². The number of allylic oxidation sites excluding steroid dienone is 1. The second-order valence-electron chi connectivity index (χ2n) is 7.50. The molecule has 9 nitrogen and oxygen atoms in total. The maximum absolute atomic E-state index is 12.9. The summed E-state index contributed by atoms with van der Waals surface area (Å²) in [6.45, 7) is 0.106. The highest BCUT2D eigenvalue weighted by molar-refractivity contribution is 6.14. The molecule has 0 saturated heterocycles. The molecule has 0 N–H and O–H groups in total. The van der Waals surface area contributed by atoms with Crippen molar-refractivity contribution in [3.8, 4) is 40.2 Å². The van der Waals surface area contributed by atoms with Gasteiger partial charge < -0.3 is 33.2 Å². The van der Waals surface area contributed by atoms with Crippen molar-refractivity contribution in [3.05, 3.63) is 71.0 Å². The van der Waals surface area contributed by atoms with Crippen LogP contribution in [0.5, 0.6) is 40.2 Å². The molecule has 2 heterocycles. The summed E-state index contributed by atoms with van der Waals surface area (Å²) < 4.78 is 37.9. The van der Waals surface area contributed by atoms with Crippen molar-refractivity contribution in [3.63, 3.8) is 0 Å². The zero-order chi connectivity index (χ0) is 24.5. The van der Waals surface area contributed by atoms with Crippen LogP contribution in [-0.2, 0) is 0 Å². The largest absolute Gasteiger partial charge is 0.496 e. The number of carbonyl (C=O) groups is 2. The Bertz CT molecular complexity index is 1370. The Labute approximate surface area is 200 Å². The lowest BCUT2D eigenvalue weighted by Crippen LogP contribution is -2.08. The molecule has 0 saturated carbocycles. The topological polar surface area (TPSA) is 98.8 Å². The van der Waals surface area contributed by atoms with Crippen LogP contribution in [0.25, 0.3) is 6.08 Å². The SMILES string of the molecule is COc1cc(OC)c(OC)cc1/C=C1\Oc2cc(OC(=O)c3ccc4c(c3)OCO4)ccc2C1=O. The molecular formula is C26H20O9. The summed E-state index contributed by atoms with van der Waals surface area (Å²) >= 11 is 0. The first-order chi connectivity index (χ1) is 17.0. The number of ketones is 1. The molecule has 0 unspecified atom stereocenters. The van der Waals surface area contributed by atoms with E-state index >= 15 is 0 Å². The van der Waals surface area contributed by atoms with Gasteiger partial charge in [-0.25, -0.2) is 4.79 Å². The number of rotatable bonds is 6. The quantitative estimate of drug-likeness (QED) is 0.293. The van der Waals surface area contributed by atoms with E-state index < -0.39 is 5.97 Å². The van der Waals surface area contributed by atoms with Crippen LogP contribution in [0.2, 0.25) is 0 Å². The molecular weight excluding hydrogens is 456 g/mol. The molecule has 9 heteroatoms. The Morgan fingerprint density at radius 1 is 0.829 bits per heavy atom. The van der Waals surface area contributed by atoms with Crippen molar-refractivity contribution in [2.24, 2.45) is 0 Å². The summed E-state index contributed by atoms with van der Waals surface area (Å²) in [5.74, 6) is 2.16. The molecule has 0 bridgehead atoms. The summed E-state index contributed by atoms with van der Waals surface area (Å²) in [6, 6.07) is 12.7. The van der Waals surface area contributed by atoms with E-state index in [1.54, 1.807) is 42.5 Å². The van der Waals surface area contributed by atoms with Crippen molar-refractivity contribution in [1.29, 1.82) is 0 Å². The van der Waals surface area contributed by atoms with Gasteiger partial charge in [0.1, 0.15) is 17.2 Å². The first-order valence-electron chi connectivity index (χ1n) is 10.5. The smallest absolute Gasteiger partial charge is 0.343 e. The number of esters is 1. The third-order valence-electron chi connectivity index (χ3n) is 5.48. The minimum absolute atomic E-state index is 0.0877. The molecule has 0 aromatic heterocycles. The van der Waals surface area contributed by atoms with Gasteiger partial charge in [-0.2, -0.15) is 0 Å². The first-order valence-corrected chi connectivity index (χ1v) is 10.5. The molecule has 3 aromatic carbocycles. The summed E-state index contributed by atoms with van der Waals surface area (Å²) in [5.41, 5.74) is 1.21. The molecule has 3 aromatic rings. The molecule has 2 aliphatic rings. The van der Waals surface area contributed by atoms with E-state index in [-0.39, 0.29) is 29.8 Å². The third-order valence-corrected chi connectivity index (χ3v) is 5.48. The van der Waals surface area contributed by atoms with Crippen LogP contribution in [0.3, 0.4) is 0 Å². The van der Waals surface area contributed by atoms with Crippen molar-refractivity contribution >= 4 is 17.8 Å². The number of carbonyl (C=O) groups excluding carboxylic acids is 2. The number of hydrogen-bond donors (Lipinski definition) is 0. The Hall–Kier alpha value is -4.66. The third kappa shape index (κ3) is 4.08. The van der Waals surface area contributed by atoms with Crippen LogP contribution in [0.1, 0.15) is 26.3 Å². The van der Waals surface area contributed by atoms with E-state index in [1.807, 2.05) is 0 Å². The molecule has 0 amide bonds. The second kappa shape index (κ2) is 8.94. The number of hydrogen-bond acceptors (Lipinski definition) is 9. The normalized spacial score (nSPS) is 14.4. The zero-order valence-electron chi connectivity index (χ0n) is 19.1. The maximum Gasteiger partial charge on any atom is 0.343 e. The first kappa shape index (κ1) is 22.1. The number of methoxy groups -OCH3 is 3. The van der Waals surface area contributed by atoms with E-state index in [1.165, 1.54) is 33.5 Å². The zero-order valence-corrected chi connectivity index (χ0v) is 19.1. The van der Waals surface area contributed by atoms with Crippen molar-refractivity contribution < 1.29 is 42.7 Å². The Morgan fingerprint density at radius 2 is 1.57 bits per heavy atom. The summed E-state index contributed by atoms with van der Waals surface area (Å²) in [7, 11) is 4.55. The van der Waals surface area contributed by atoms with Gasteiger partial charge in [0.25, 0.3) is 0 Å². The molecule has 0 fully saturated rings. The molecule has 178 valence electrons. The van der Waals surface area contributed by atoms with Crippen LogP contribution in [0.15, 0.2) is 54.3 Å². The highest BCUT2D eigenvalue weighted by Gasteiger charge is 2.29. The van der Waals surface area contributed by atoms with Gasteiger partial charge in [0.05, 0.1) is 32.5 Å². The van der Waals surface area contributed by atoms with Gasteiger partial charge in [-0.1, -0.05) is 0 Å². The fraction of sp³-hybridized carbons (Fsp3) is 0.154. The van der Waals surface area contributed by atoms with E-state index in [0.29, 0.717) is 45.4 Å². The highest BCUT2D eigenvalue weighted by atomic mass is 16.7. The van der Waals surface area contributed by atoms with Crippen molar-refractivity contribution in [1.82, 2.24) is 0 Å². The van der Waals surface area contributed by atoms with Gasteiger partial charge in [-0.15, -0.1) is 0 Å². The van der Waals surface area contributed by atoms with Gasteiger partial charge >= 0.3 is 5.97 Å². The van der Waals surface area contributed by atoms with E-state index in [0.717, 1.165) is 0 Å². The Morgan fingerprint density at radius 3 is 2.34 bits per heavy atom. The van der Waals surface area contributed by atoms with Crippen molar-refractivity contribution in [2.75, 3.05) is 28.1 Å². The molecule has 0 radical (unpaired) electrons. The summed E-state index contributed by atoms with van der Waals surface area (Å²) in [4.78, 5) is 25.5. The lowest BCUT2D eigenvalue weighted by atomic mass is 10.1. The molecule has 0 aliphatic carbocycles. The predicted molar refractivity (Wildman–Crippen MR) is 123 cm³/mol. The van der Waals surface area contributed by atoms with Crippen LogP contribution >= 0.6 is 0 Å². The Kier molecular flexibility index (Phi) is 5.66. The van der Waals surface area contributed by atoms with Crippen molar-refractivity contribution in [2.45, 2.75) is 0 Å². The van der Waals surface area contributed by atoms with Crippen LogP contribution in [0.4, 0.5) is 0 Å². The van der Waals surface area contributed by atoms with Gasteiger partial charge in [-0.05, 0) is 42.5 Å². The average molecular weight is 476 g/mol. The van der Waals surface area contributed by atoms with Crippen LogP contribution in [-0.4, -0.2) is 39.9 Å². The minimum Gasteiger partial charge on any atom is -0.496 e. The molecule has 35 heavy (non-hydrogen) atoms. The predicted octanol–water partition coefficient (Wildman–Crippen LogP) is 4.28. The number of ether oxygens (including phenoxy) is 7. The lowest BCUT2D eigenvalue weighted by molar-refractivity contribution is 0.0734. The molecule has 5 rings (SSSR count). The highest BCUT2D eigenvalue weighted by Crippen LogP contribution is 2.39. The van der Waals surface area contributed by atoms with Crippen LogP contribution in [0, 0.1) is 0 Å². The van der Waals surface area contributed by atoms with Gasteiger partial charge in [0.2, 0.25) is 12.6 Å². The van der Waals surface area contributed by atoms with Gasteiger partial charge in [0.15, 0.2) is 28.8 Å². The second-order valence-corrected chi connectivity index (χ2v) is 7.50. The fourth-order valence-electron chi connectivity index (χ4n) is 3.73. The molecule has 2 aliphatic heterocycles. The van der Waals surface area contributed by atoms with Gasteiger partial charge in [-0.3, -0.25) is 4.79 Å². The standard InChI is InChI=1S/C26H20O9/c1-29-19-12-22(31-3)21(30-2)9-15(19)10-24-25(27)17-6-5-16(11-20(17)35-24)34-26(28)14-4-7-18-23(8-14)33-13-32-18/h4-12H,13H2,1-3H3/b24-10-. The van der Waals surface area contributed by atoms with E-state index in [9.17, 15) is 9.59 Å².